The number of carbonyl (C=O) groups excluding carboxylic acids is 3. The standard InChI is InChI=1S/C18H18N2O3/c1-12-5-3-4-6-16(12)18(23)19-11-17(22)20-15-9-7-14(8-10-15)13(2)21/h3-10H,11H2,1-2H3,(H,19,23)(H,20,22). The quantitative estimate of drug-likeness (QED) is 0.833. The molecule has 0 fully saturated rings. The predicted molar refractivity (Wildman–Crippen MR) is 88.6 cm³/mol. The Labute approximate surface area is 134 Å². The smallest absolute Gasteiger partial charge is 0.251 e. The topological polar surface area (TPSA) is 75.3 Å². The molecule has 0 bridgehead atoms. The van der Waals surface area contributed by atoms with Crippen LogP contribution < -0.4 is 10.6 Å². The molecular weight excluding hydrogens is 292 g/mol. The average molecular weight is 310 g/mol. The van der Waals surface area contributed by atoms with Crippen molar-refractivity contribution in [2.24, 2.45) is 0 Å². The first-order valence-electron chi connectivity index (χ1n) is 7.22. The highest BCUT2D eigenvalue weighted by atomic mass is 16.2. The third-order valence-corrected chi connectivity index (χ3v) is 3.37. The van der Waals surface area contributed by atoms with Crippen molar-refractivity contribution in [1.82, 2.24) is 5.32 Å². The molecule has 0 heterocycles. The van der Waals surface area contributed by atoms with Gasteiger partial charge >= 0.3 is 0 Å². The molecule has 0 aromatic heterocycles. The largest absolute Gasteiger partial charge is 0.343 e. The van der Waals surface area contributed by atoms with Gasteiger partial charge in [-0.15, -0.1) is 0 Å². The molecule has 5 heteroatoms. The van der Waals surface area contributed by atoms with Gasteiger partial charge in [-0.2, -0.15) is 0 Å². The minimum atomic E-state index is -0.331. The highest BCUT2D eigenvalue weighted by Gasteiger charge is 2.10. The van der Waals surface area contributed by atoms with Gasteiger partial charge < -0.3 is 10.6 Å². The van der Waals surface area contributed by atoms with E-state index >= 15 is 0 Å². The number of hydrogen-bond acceptors (Lipinski definition) is 3. The van der Waals surface area contributed by atoms with E-state index in [4.69, 9.17) is 0 Å². The van der Waals surface area contributed by atoms with Gasteiger partial charge in [-0.05, 0) is 49.7 Å². The van der Waals surface area contributed by atoms with Crippen LogP contribution in [0.3, 0.4) is 0 Å². The van der Waals surface area contributed by atoms with Crippen LogP contribution in [0.15, 0.2) is 48.5 Å². The highest BCUT2D eigenvalue weighted by molar-refractivity contribution is 6.00. The molecule has 0 aliphatic heterocycles. The number of rotatable bonds is 5. The molecular formula is C18H18N2O3. The maximum Gasteiger partial charge on any atom is 0.251 e. The van der Waals surface area contributed by atoms with Crippen molar-refractivity contribution in [2.75, 3.05) is 11.9 Å². The van der Waals surface area contributed by atoms with Gasteiger partial charge in [0, 0.05) is 16.8 Å². The third kappa shape index (κ3) is 4.51. The maximum absolute atomic E-state index is 12.0. The minimum Gasteiger partial charge on any atom is -0.343 e. The minimum absolute atomic E-state index is 0.0339. The molecule has 0 spiro atoms. The normalized spacial score (nSPS) is 10.0. The van der Waals surface area contributed by atoms with Crippen LogP contribution in [0.1, 0.15) is 33.2 Å². The molecule has 2 amide bonds. The summed E-state index contributed by atoms with van der Waals surface area (Å²) in [6.45, 7) is 3.20. The van der Waals surface area contributed by atoms with Crippen molar-refractivity contribution in [3.05, 3.63) is 65.2 Å². The van der Waals surface area contributed by atoms with Gasteiger partial charge in [0.1, 0.15) is 0 Å². The maximum atomic E-state index is 12.0. The van der Waals surface area contributed by atoms with Gasteiger partial charge in [-0.1, -0.05) is 18.2 Å². The zero-order valence-electron chi connectivity index (χ0n) is 13.1. The van der Waals surface area contributed by atoms with Crippen LogP contribution in [0.4, 0.5) is 5.69 Å². The fourth-order valence-corrected chi connectivity index (χ4v) is 2.08. The number of hydrogen-bond donors (Lipinski definition) is 2. The lowest BCUT2D eigenvalue weighted by atomic mass is 10.1. The molecule has 118 valence electrons. The van der Waals surface area contributed by atoms with E-state index in [0.717, 1.165) is 5.56 Å². The number of anilines is 1. The molecule has 0 unspecified atom stereocenters. The van der Waals surface area contributed by atoms with Crippen molar-refractivity contribution in [3.63, 3.8) is 0 Å². The van der Waals surface area contributed by atoms with E-state index in [9.17, 15) is 14.4 Å². The summed E-state index contributed by atoms with van der Waals surface area (Å²) in [6, 6.07) is 13.8. The summed E-state index contributed by atoms with van der Waals surface area (Å²) in [5, 5.41) is 5.25. The molecule has 0 radical (unpaired) electrons. The van der Waals surface area contributed by atoms with Gasteiger partial charge in [0.2, 0.25) is 5.91 Å². The van der Waals surface area contributed by atoms with E-state index in [1.165, 1.54) is 6.92 Å². The van der Waals surface area contributed by atoms with Gasteiger partial charge in [-0.25, -0.2) is 0 Å². The zero-order valence-corrected chi connectivity index (χ0v) is 13.1. The first-order chi connectivity index (χ1) is 11.0. The molecule has 0 saturated heterocycles. The fraction of sp³-hybridized carbons (Fsp3) is 0.167. The Morgan fingerprint density at radius 1 is 0.957 bits per heavy atom. The summed E-state index contributed by atoms with van der Waals surface area (Å²) in [5.41, 5.74) is 2.55. The second-order valence-corrected chi connectivity index (χ2v) is 5.18. The van der Waals surface area contributed by atoms with E-state index in [2.05, 4.69) is 10.6 Å². The van der Waals surface area contributed by atoms with Crippen molar-refractivity contribution < 1.29 is 14.4 Å². The Morgan fingerprint density at radius 2 is 1.61 bits per heavy atom. The number of ketones is 1. The second kappa shape index (κ2) is 7.35. The van der Waals surface area contributed by atoms with E-state index < -0.39 is 0 Å². The molecule has 2 aromatic carbocycles. The molecule has 0 aliphatic rings. The van der Waals surface area contributed by atoms with Crippen LogP contribution in [0, 0.1) is 6.92 Å². The summed E-state index contributed by atoms with van der Waals surface area (Å²) in [7, 11) is 0. The van der Waals surface area contributed by atoms with Gasteiger partial charge in [0.15, 0.2) is 5.78 Å². The van der Waals surface area contributed by atoms with Gasteiger partial charge in [-0.3, -0.25) is 14.4 Å². The van der Waals surface area contributed by atoms with Crippen molar-refractivity contribution >= 4 is 23.3 Å². The summed E-state index contributed by atoms with van der Waals surface area (Å²) in [4.78, 5) is 35.1. The van der Waals surface area contributed by atoms with Crippen LogP contribution in [0.25, 0.3) is 0 Å². The Balaban J connectivity index is 1.89. The summed E-state index contributed by atoms with van der Waals surface area (Å²) >= 11 is 0. The number of carbonyl (C=O) groups is 3. The molecule has 23 heavy (non-hydrogen) atoms. The number of aryl methyl sites for hydroxylation is 1. The first-order valence-corrected chi connectivity index (χ1v) is 7.22. The molecule has 5 nitrogen and oxygen atoms in total. The van der Waals surface area contributed by atoms with Gasteiger partial charge in [0.05, 0.1) is 6.54 Å². The number of amides is 2. The van der Waals surface area contributed by atoms with Crippen LogP contribution in [-0.4, -0.2) is 24.1 Å². The van der Waals surface area contributed by atoms with Crippen molar-refractivity contribution in [2.45, 2.75) is 13.8 Å². The molecule has 2 rings (SSSR count). The molecule has 2 aromatic rings. The lowest BCUT2D eigenvalue weighted by Gasteiger charge is -2.08. The number of nitrogens with one attached hydrogen (secondary N) is 2. The highest BCUT2D eigenvalue weighted by Crippen LogP contribution is 2.10. The third-order valence-electron chi connectivity index (χ3n) is 3.37. The summed E-state index contributed by atoms with van der Waals surface area (Å²) in [6.07, 6.45) is 0. The van der Waals surface area contributed by atoms with Gasteiger partial charge in [0.25, 0.3) is 5.91 Å². The fourth-order valence-electron chi connectivity index (χ4n) is 2.08. The van der Waals surface area contributed by atoms with Crippen LogP contribution >= 0.6 is 0 Å². The summed E-state index contributed by atoms with van der Waals surface area (Å²) < 4.78 is 0. The number of Topliss-reactive ketones (excluding diaryl/α,β-unsaturated/α-hetero) is 1. The second-order valence-electron chi connectivity index (χ2n) is 5.18. The number of benzene rings is 2. The average Bonchev–Trinajstić information content (AvgIpc) is 2.53. The Morgan fingerprint density at radius 3 is 2.22 bits per heavy atom. The zero-order chi connectivity index (χ0) is 16.8. The first kappa shape index (κ1) is 16.4. The Bertz CT molecular complexity index is 736. The SMILES string of the molecule is CC(=O)c1ccc(NC(=O)CNC(=O)c2ccccc2C)cc1. The van der Waals surface area contributed by atoms with E-state index in [1.807, 2.05) is 19.1 Å². The lowest BCUT2D eigenvalue weighted by molar-refractivity contribution is -0.115. The molecule has 0 atom stereocenters. The molecule has 0 aliphatic carbocycles. The lowest BCUT2D eigenvalue weighted by Crippen LogP contribution is -2.33. The van der Waals surface area contributed by atoms with E-state index in [1.54, 1.807) is 36.4 Å². The summed E-state index contributed by atoms with van der Waals surface area (Å²) in [5.74, 6) is -0.652. The van der Waals surface area contributed by atoms with Crippen LogP contribution in [0.2, 0.25) is 0 Å². The molecule has 2 N–H and O–H groups in total. The van der Waals surface area contributed by atoms with E-state index in [-0.39, 0.29) is 24.1 Å². The van der Waals surface area contributed by atoms with Crippen molar-refractivity contribution in [1.29, 1.82) is 0 Å². The molecule has 0 saturated carbocycles. The predicted octanol–water partition coefficient (Wildman–Crippen LogP) is 2.57. The van der Waals surface area contributed by atoms with Crippen molar-refractivity contribution in [3.8, 4) is 0 Å². The van der Waals surface area contributed by atoms with Crippen LogP contribution in [-0.2, 0) is 4.79 Å². The van der Waals surface area contributed by atoms with E-state index in [0.29, 0.717) is 16.8 Å². The van der Waals surface area contributed by atoms with Crippen LogP contribution in [0.5, 0.6) is 0 Å². The monoisotopic (exact) mass is 310 g/mol. The Hall–Kier alpha value is -2.95. The Kier molecular flexibility index (Phi) is 5.25.